The van der Waals surface area contributed by atoms with Crippen molar-refractivity contribution in [3.63, 3.8) is 0 Å². The van der Waals surface area contributed by atoms with Crippen molar-refractivity contribution in [2.45, 2.75) is 52.1 Å². The van der Waals surface area contributed by atoms with E-state index in [1.165, 1.54) is 0 Å². The molecule has 2 aliphatic heterocycles. The highest BCUT2D eigenvalue weighted by molar-refractivity contribution is 5.79. The smallest absolute Gasteiger partial charge is 0.225 e. The van der Waals surface area contributed by atoms with Crippen molar-refractivity contribution in [1.29, 1.82) is 0 Å². The SMILES string of the molecule is CCOc1cccc(Cn2cc(N3CCN(C(=O)C4CCC(N5CCN(C(C)=O)CC5)CC4)CC3)cn2)c1. The summed E-state index contributed by atoms with van der Waals surface area (Å²) in [5.74, 6) is 1.57. The average molecular weight is 523 g/mol. The predicted molar refractivity (Wildman–Crippen MR) is 147 cm³/mol. The lowest BCUT2D eigenvalue weighted by Gasteiger charge is -2.42. The molecule has 0 bridgehead atoms. The molecule has 1 saturated carbocycles. The van der Waals surface area contributed by atoms with Gasteiger partial charge in [0.05, 0.1) is 25.0 Å². The van der Waals surface area contributed by atoms with Crippen LogP contribution >= 0.6 is 0 Å². The van der Waals surface area contributed by atoms with Gasteiger partial charge in [-0.3, -0.25) is 19.2 Å². The molecule has 0 N–H and O–H groups in total. The monoisotopic (exact) mass is 522 g/mol. The maximum Gasteiger partial charge on any atom is 0.225 e. The zero-order valence-electron chi connectivity index (χ0n) is 22.9. The first-order chi connectivity index (χ1) is 18.5. The number of aromatic nitrogens is 2. The summed E-state index contributed by atoms with van der Waals surface area (Å²) < 4.78 is 7.59. The highest BCUT2D eigenvalue weighted by atomic mass is 16.5. The van der Waals surface area contributed by atoms with Crippen LogP contribution in [0.4, 0.5) is 5.69 Å². The summed E-state index contributed by atoms with van der Waals surface area (Å²) in [5, 5.41) is 4.58. The normalized spacial score (nSPS) is 22.9. The lowest BCUT2D eigenvalue weighted by molar-refractivity contribution is -0.137. The van der Waals surface area contributed by atoms with E-state index in [9.17, 15) is 9.59 Å². The van der Waals surface area contributed by atoms with Crippen LogP contribution in [0, 0.1) is 5.92 Å². The number of benzene rings is 1. The number of hydrogen-bond donors (Lipinski definition) is 0. The lowest BCUT2D eigenvalue weighted by Crippen LogP contribution is -2.53. The van der Waals surface area contributed by atoms with E-state index in [0.29, 0.717) is 25.1 Å². The van der Waals surface area contributed by atoms with Crippen LogP contribution in [0.2, 0.25) is 0 Å². The van der Waals surface area contributed by atoms with Crippen molar-refractivity contribution in [2.75, 3.05) is 63.9 Å². The van der Waals surface area contributed by atoms with Crippen molar-refractivity contribution in [2.24, 2.45) is 5.92 Å². The van der Waals surface area contributed by atoms with Gasteiger partial charge in [-0.1, -0.05) is 12.1 Å². The Morgan fingerprint density at radius 2 is 1.66 bits per heavy atom. The van der Waals surface area contributed by atoms with Crippen LogP contribution in [0.1, 0.15) is 45.1 Å². The second-order valence-corrected chi connectivity index (χ2v) is 10.8. The molecule has 206 valence electrons. The molecular formula is C29H42N6O3. The van der Waals surface area contributed by atoms with Crippen LogP contribution in [-0.4, -0.2) is 101 Å². The van der Waals surface area contributed by atoms with Crippen molar-refractivity contribution in [3.8, 4) is 5.75 Å². The molecule has 5 rings (SSSR count). The molecular weight excluding hydrogens is 480 g/mol. The van der Waals surface area contributed by atoms with Crippen molar-refractivity contribution in [3.05, 3.63) is 42.2 Å². The second kappa shape index (κ2) is 12.2. The number of nitrogens with zero attached hydrogens (tertiary/aromatic N) is 6. The van der Waals surface area contributed by atoms with E-state index in [0.717, 1.165) is 95.0 Å². The molecule has 0 radical (unpaired) electrons. The van der Waals surface area contributed by atoms with Gasteiger partial charge in [0.2, 0.25) is 11.8 Å². The minimum Gasteiger partial charge on any atom is -0.494 e. The zero-order valence-corrected chi connectivity index (χ0v) is 22.9. The van der Waals surface area contributed by atoms with Crippen molar-refractivity contribution >= 4 is 17.5 Å². The quantitative estimate of drug-likeness (QED) is 0.557. The molecule has 38 heavy (non-hydrogen) atoms. The van der Waals surface area contributed by atoms with Crippen LogP contribution in [0.15, 0.2) is 36.7 Å². The number of hydrogen-bond acceptors (Lipinski definition) is 6. The van der Waals surface area contributed by atoms with Crippen molar-refractivity contribution < 1.29 is 14.3 Å². The van der Waals surface area contributed by atoms with Crippen LogP contribution in [0.25, 0.3) is 0 Å². The topological polar surface area (TPSA) is 74.2 Å². The number of carbonyl (C=O) groups excluding carboxylic acids is 2. The maximum atomic E-state index is 13.3. The summed E-state index contributed by atoms with van der Waals surface area (Å²) in [6.45, 7) is 11.8. The fourth-order valence-electron chi connectivity index (χ4n) is 6.22. The average Bonchev–Trinajstić information content (AvgIpc) is 3.42. The Kier molecular flexibility index (Phi) is 8.51. The van der Waals surface area contributed by atoms with E-state index >= 15 is 0 Å². The van der Waals surface area contributed by atoms with Crippen molar-refractivity contribution in [1.82, 2.24) is 24.5 Å². The van der Waals surface area contributed by atoms with Gasteiger partial charge in [-0.15, -0.1) is 0 Å². The van der Waals surface area contributed by atoms with Gasteiger partial charge in [0.1, 0.15) is 5.75 Å². The molecule has 2 saturated heterocycles. The first-order valence-corrected chi connectivity index (χ1v) is 14.3. The Balaban J connectivity index is 1.06. The maximum absolute atomic E-state index is 13.3. The van der Waals surface area contributed by atoms with Gasteiger partial charge in [-0.2, -0.15) is 5.10 Å². The van der Waals surface area contributed by atoms with Gasteiger partial charge in [0.15, 0.2) is 0 Å². The summed E-state index contributed by atoms with van der Waals surface area (Å²) in [4.78, 5) is 33.8. The summed E-state index contributed by atoms with van der Waals surface area (Å²) in [6.07, 6.45) is 8.16. The number of carbonyl (C=O) groups is 2. The second-order valence-electron chi connectivity index (χ2n) is 10.8. The molecule has 9 nitrogen and oxygen atoms in total. The largest absolute Gasteiger partial charge is 0.494 e. The van der Waals surface area contributed by atoms with Crippen LogP contribution in [0.5, 0.6) is 5.75 Å². The molecule has 1 aliphatic carbocycles. The van der Waals surface area contributed by atoms with E-state index in [1.807, 2.05) is 34.8 Å². The van der Waals surface area contributed by atoms with Gasteiger partial charge >= 0.3 is 0 Å². The predicted octanol–water partition coefficient (Wildman–Crippen LogP) is 2.70. The van der Waals surface area contributed by atoms with Gasteiger partial charge in [0.25, 0.3) is 0 Å². The number of ether oxygens (including phenoxy) is 1. The third-order valence-corrected chi connectivity index (χ3v) is 8.45. The number of anilines is 1. The van der Waals surface area contributed by atoms with E-state index in [-0.39, 0.29) is 11.8 Å². The fourth-order valence-corrected chi connectivity index (χ4v) is 6.22. The Morgan fingerprint density at radius 3 is 2.34 bits per heavy atom. The summed E-state index contributed by atoms with van der Waals surface area (Å²) in [7, 11) is 0. The van der Waals surface area contributed by atoms with Crippen LogP contribution in [-0.2, 0) is 16.1 Å². The number of amides is 2. The minimum atomic E-state index is 0.159. The molecule has 9 heteroatoms. The molecule has 1 aromatic heterocycles. The van der Waals surface area contributed by atoms with E-state index in [1.54, 1.807) is 6.92 Å². The van der Waals surface area contributed by atoms with E-state index in [2.05, 4.69) is 38.1 Å². The summed E-state index contributed by atoms with van der Waals surface area (Å²) in [5.41, 5.74) is 2.28. The molecule has 3 heterocycles. The fraction of sp³-hybridized carbons (Fsp3) is 0.621. The highest BCUT2D eigenvalue weighted by Crippen LogP contribution is 2.30. The Bertz CT molecular complexity index is 1080. The Hall–Kier alpha value is -3.07. The molecule has 0 spiro atoms. The Labute approximate surface area is 226 Å². The number of piperazine rings is 2. The van der Waals surface area contributed by atoms with Gasteiger partial charge in [0, 0.05) is 77.4 Å². The molecule has 3 aliphatic rings. The summed E-state index contributed by atoms with van der Waals surface area (Å²) >= 11 is 0. The molecule has 2 aromatic rings. The summed E-state index contributed by atoms with van der Waals surface area (Å²) in [6, 6.07) is 8.72. The standard InChI is InChI=1S/C29H42N6O3/c1-3-38-28-6-4-5-24(19-28)21-35-22-27(20-30-35)33-15-17-34(18-16-33)29(37)25-7-9-26(10-8-25)32-13-11-31(12-14-32)23(2)36/h4-6,19-20,22,25-26H,3,7-18,21H2,1-2H3. The molecule has 0 unspecified atom stereocenters. The first-order valence-electron chi connectivity index (χ1n) is 14.3. The van der Waals surface area contributed by atoms with E-state index in [4.69, 9.17) is 4.74 Å². The van der Waals surface area contributed by atoms with E-state index < -0.39 is 0 Å². The number of rotatable bonds is 7. The third-order valence-electron chi connectivity index (χ3n) is 8.45. The molecule has 1 aromatic carbocycles. The lowest BCUT2D eigenvalue weighted by atomic mass is 9.84. The molecule has 3 fully saturated rings. The zero-order chi connectivity index (χ0) is 26.5. The Morgan fingerprint density at radius 1 is 0.947 bits per heavy atom. The van der Waals surface area contributed by atoms with Gasteiger partial charge < -0.3 is 19.4 Å². The first kappa shape index (κ1) is 26.5. The van der Waals surface area contributed by atoms with Crippen LogP contribution < -0.4 is 9.64 Å². The molecule has 2 amide bonds. The molecule has 0 atom stereocenters. The minimum absolute atomic E-state index is 0.159. The van der Waals surface area contributed by atoms with Crippen LogP contribution in [0.3, 0.4) is 0 Å². The van der Waals surface area contributed by atoms with Gasteiger partial charge in [-0.05, 0) is 50.3 Å². The van der Waals surface area contributed by atoms with Gasteiger partial charge in [-0.25, -0.2) is 0 Å². The third kappa shape index (κ3) is 6.31. The highest BCUT2D eigenvalue weighted by Gasteiger charge is 2.34.